The number of aromatic nitrogens is 1. The zero-order valence-electron chi connectivity index (χ0n) is 16.5. The molecule has 2 saturated carbocycles. The Bertz CT molecular complexity index is 787. The topological polar surface area (TPSA) is 36.4 Å². The molecule has 0 aliphatic heterocycles. The zero-order valence-corrected chi connectivity index (χ0v) is 16.5. The molecule has 0 N–H and O–H groups in total. The van der Waals surface area contributed by atoms with Gasteiger partial charge in [0.2, 0.25) is 5.91 Å². The van der Waals surface area contributed by atoms with Gasteiger partial charge in [-0.25, -0.2) is 0 Å². The number of pyridine rings is 1. The number of benzene rings is 1. The molecule has 2 bridgehead atoms. The van der Waals surface area contributed by atoms with Gasteiger partial charge in [-0.1, -0.05) is 12.5 Å². The summed E-state index contributed by atoms with van der Waals surface area (Å²) in [5, 5.41) is 0. The van der Waals surface area contributed by atoms with Crippen molar-refractivity contribution in [2.75, 3.05) is 23.9 Å². The fourth-order valence-corrected chi connectivity index (χ4v) is 4.93. The fourth-order valence-electron chi connectivity index (χ4n) is 4.93. The molecule has 0 radical (unpaired) electrons. The second-order valence-corrected chi connectivity index (χ2v) is 8.33. The molecule has 2 aromatic rings. The highest BCUT2D eigenvalue weighted by molar-refractivity contribution is 5.96. The lowest BCUT2D eigenvalue weighted by molar-refractivity contribution is -0.124. The predicted octanol–water partition coefficient (Wildman–Crippen LogP) is 4.68. The van der Waals surface area contributed by atoms with Crippen LogP contribution in [-0.2, 0) is 4.79 Å². The van der Waals surface area contributed by atoms with Crippen LogP contribution in [0.1, 0.15) is 44.3 Å². The summed E-state index contributed by atoms with van der Waals surface area (Å²) in [6.07, 6.45) is 6.63. The van der Waals surface area contributed by atoms with Crippen LogP contribution in [0.4, 0.5) is 11.4 Å². The average molecular weight is 364 g/mol. The predicted molar refractivity (Wildman–Crippen MR) is 110 cm³/mol. The van der Waals surface area contributed by atoms with Crippen LogP contribution >= 0.6 is 0 Å². The lowest BCUT2D eigenvalue weighted by atomic mass is 9.87. The molecule has 142 valence electrons. The van der Waals surface area contributed by atoms with E-state index in [9.17, 15) is 4.79 Å². The van der Waals surface area contributed by atoms with Gasteiger partial charge in [0.25, 0.3) is 0 Å². The number of fused-ring (bicyclic) bond motifs is 2. The zero-order chi connectivity index (χ0) is 19.0. The molecule has 27 heavy (non-hydrogen) atoms. The van der Waals surface area contributed by atoms with Gasteiger partial charge in [-0.3, -0.25) is 9.78 Å². The van der Waals surface area contributed by atoms with Gasteiger partial charge in [0, 0.05) is 37.6 Å². The molecule has 4 nitrogen and oxygen atoms in total. The first-order chi connectivity index (χ1) is 13.0. The van der Waals surface area contributed by atoms with E-state index in [1.165, 1.54) is 19.3 Å². The first-order valence-electron chi connectivity index (χ1n) is 10.1. The quantitative estimate of drug-likeness (QED) is 0.774. The maximum absolute atomic E-state index is 13.7. The molecule has 4 rings (SSSR count). The van der Waals surface area contributed by atoms with Crippen LogP contribution < -0.4 is 9.80 Å². The largest absolute Gasteiger partial charge is 0.378 e. The van der Waals surface area contributed by atoms with Crippen molar-refractivity contribution < 1.29 is 4.79 Å². The number of carbonyl (C=O) groups excluding carboxylic acids is 1. The summed E-state index contributed by atoms with van der Waals surface area (Å²) >= 11 is 0. The van der Waals surface area contributed by atoms with E-state index >= 15 is 0 Å². The highest BCUT2D eigenvalue weighted by atomic mass is 16.2. The van der Waals surface area contributed by atoms with Crippen molar-refractivity contribution in [3.63, 3.8) is 0 Å². The van der Waals surface area contributed by atoms with Crippen LogP contribution in [0.15, 0.2) is 48.7 Å². The normalized spacial score (nSPS) is 24.6. The molecular weight excluding hydrogens is 334 g/mol. The van der Waals surface area contributed by atoms with E-state index in [0.29, 0.717) is 5.92 Å². The average Bonchev–Trinajstić information content (AvgIpc) is 3.32. The van der Waals surface area contributed by atoms with E-state index in [1.54, 1.807) is 6.20 Å². The molecule has 1 aromatic carbocycles. The number of rotatable bonds is 5. The molecule has 2 fully saturated rings. The molecule has 0 saturated heterocycles. The van der Waals surface area contributed by atoms with Gasteiger partial charge in [0.1, 0.15) is 0 Å². The van der Waals surface area contributed by atoms with E-state index in [2.05, 4.69) is 41.1 Å². The Labute approximate surface area is 162 Å². The molecule has 2 aliphatic carbocycles. The van der Waals surface area contributed by atoms with Crippen molar-refractivity contribution in [1.29, 1.82) is 0 Å². The van der Waals surface area contributed by atoms with Crippen molar-refractivity contribution in [2.45, 2.75) is 38.6 Å². The molecule has 2 aliphatic rings. The molecule has 0 spiro atoms. The Kier molecular flexibility index (Phi) is 4.90. The lowest BCUT2D eigenvalue weighted by Crippen LogP contribution is -2.40. The van der Waals surface area contributed by atoms with Crippen molar-refractivity contribution in [2.24, 2.45) is 17.8 Å². The Morgan fingerprint density at radius 3 is 2.33 bits per heavy atom. The summed E-state index contributed by atoms with van der Waals surface area (Å²) in [7, 11) is 4.06. The van der Waals surface area contributed by atoms with Gasteiger partial charge in [-0.15, -0.1) is 0 Å². The summed E-state index contributed by atoms with van der Waals surface area (Å²) in [6.45, 7) is 2.09. The second kappa shape index (κ2) is 7.34. The number of hydrogen-bond acceptors (Lipinski definition) is 3. The van der Waals surface area contributed by atoms with Gasteiger partial charge in [-0.2, -0.15) is 0 Å². The van der Waals surface area contributed by atoms with Gasteiger partial charge in [-0.05, 0) is 74.4 Å². The van der Waals surface area contributed by atoms with Crippen LogP contribution in [0.25, 0.3) is 0 Å². The molecule has 1 heterocycles. The van der Waals surface area contributed by atoms with Crippen molar-refractivity contribution >= 4 is 17.3 Å². The minimum absolute atomic E-state index is 0.0805. The number of carbonyl (C=O) groups is 1. The molecule has 1 amide bonds. The van der Waals surface area contributed by atoms with E-state index in [4.69, 9.17) is 0 Å². The highest BCUT2D eigenvalue weighted by Crippen LogP contribution is 2.49. The summed E-state index contributed by atoms with van der Waals surface area (Å²) in [5.74, 6) is 1.77. The minimum Gasteiger partial charge on any atom is -0.378 e. The van der Waals surface area contributed by atoms with Gasteiger partial charge in [0.15, 0.2) is 0 Å². The highest BCUT2D eigenvalue weighted by Gasteiger charge is 2.45. The Morgan fingerprint density at radius 1 is 1.04 bits per heavy atom. The molecular formula is C23H29N3O. The third kappa shape index (κ3) is 3.45. The van der Waals surface area contributed by atoms with Gasteiger partial charge >= 0.3 is 0 Å². The second-order valence-electron chi connectivity index (χ2n) is 8.33. The number of amides is 1. The maximum Gasteiger partial charge on any atom is 0.231 e. The first-order valence-corrected chi connectivity index (χ1v) is 10.1. The van der Waals surface area contributed by atoms with E-state index in [0.717, 1.165) is 29.4 Å². The summed E-state index contributed by atoms with van der Waals surface area (Å²) in [5.41, 5.74) is 3.04. The van der Waals surface area contributed by atoms with Crippen LogP contribution in [0, 0.1) is 17.8 Å². The maximum atomic E-state index is 13.7. The Morgan fingerprint density at radius 2 is 1.78 bits per heavy atom. The van der Waals surface area contributed by atoms with E-state index < -0.39 is 0 Å². The minimum atomic E-state index is -0.0805. The number of anilines is 2. The summed E-state index contributed by atoms with van der Waals surface area (Å²) in [6, 6.07) is 14.2. The van der Waals surface area contributed by atoms with E-state index in [1.807, 2.05) is 37.2 Å². The van der Waals surface area contributed by atoms with Crippen molar-refractivity contribution in [3.8, 4) is 0 Å². The summed E-state index contributed by atoms with van der Waals surface area (Å²) in [4.78, 5) is 22.3. The Hall–Kier alpha value is -2.36. The van der Waals surface area contributed by atoms with Crippen LogP contribution in [0.5, 0.6) is 0 Å². The third-order valence-electron chi connectivity index (χ3n) is 6.44. The van der Waals surface area contributed by atoms with Gasteiger partial charge in [0.05, 0.1) is 11.7 Å². The third-order valence-corrected chi connectivity index (χ3v) is 6.44. The molecule has 4 atom stereocenters. The van der Waals surface area contributed by atoms with Crippen LogP contribution in [0.3, 0.4) is 0 Å². The number of nitrogens with zero attached hydrogens (tertiary/aromatic N) is 3. The van der Waals surface area contributed by atoms with Crippen molar-refractivity contribution in [1.82, 2.24) is 4.98 Å². The molecule has 4 heteroatoms. The number of hydrogen-bond donors (Lipinski definition) is 0. The SMILES string of the molecule is CC(c1ccccn1)N(C(=O)C1CC2CCC1C2)c1ccc(N(C)C)cc1. The van der Waals surface area contributed by atoms with Crippen LogP contribution in [0.2, 0.25) is 0 Å². The molecule has 4 unspecified atom stereocenters. The standard InChI is InChI=1S/C23H29N3O/c1-16(22-6-4-5-13-24-22)26(20-11-9-19(10-12-20)25(2)3)23(27)21-15-17-7-8-18(21)14-17/h4-6,9-13,16-18,21H,7-8,14-15H2,1-3H3. The van der Waals surface area contributed by atoms with E-state index in [-0.39, 0.29) is 17.9 Å². The monoisotopic (exact) mass is 363 g/mol. The summed E-state index contributed by atoms with van der Waals surface area (Å²) < 4.78 is 0. The Balaban J connectivity index is 1.67. The van der Waals surface area contributed by atoms with Crippen molar-refractivity contribution in [3.05, 3.63) is 54.4 Å². The van der Waals surface area contributed by atoms with Crippen LogP contribution in [-0.4, -0.2) is 25.0 Å². The lowest BCUT2D eigenvalue weighted by Gasteiger charge is -2.34. The smallest absolute Gasteiger partial charge is 0.231 e. The molecule has 1 aromatic heterocycles. The first kappa shape index (κ1) is 18.0. The van der Waals surface area contributed by atoms with Gasteiger partial charge < -0.3 is 9.80 Å². The fraction of sp³-hybridized carbons (Fsp3) is 0.478.